The van der Waals surface area contributed by atoms with Crippen molar-refractivity contribution in [3.8, 4) is 0 Å². The summed E-state index contributed by atoms with van der Waals surface area (Å²) in [6.07, 6.45) is 8.64. The van der Waals surface area contributed by atoms with Crippen LogP contribution in [0.1, 0.15) is 49.7 Å². The fraction of sp³-hybridized carbons (Fsp3) is 0.647. The molecule has 0 radical (unpaired) electrons. The van der Waals surface area contributed by atoms with Gasteiger partial charge in [0.05, 0.1) is 0 Å². The van der Waals surface area contributed by atoms with Crippen molar-refractivity contribution in [3.63, 3.8) is 0 Å². The summed E-state index contributed by atoms with van der Waals surface area (Å²) in [5, 5.41) is 0. The molecule has 2 aliphatic rings. The van der Waals surface area contributed by atoms with Crippen LogP contribution in [0.25, 0.3) is 0 Å². The first kappa shape index (κ1) is 13.1. The number of fused-ring (bicyclic) bond motifs is 1. The summed E-state index contributed by atoms with van der Waals surface area (Å²) in [6.45, 7) is 3.07. The molecule has 0 bridgehead atoms. The van der Waals surface area contributed by atoms with Crippen LogP contribution in [0.5, 0.6) is 0 Å². The molecule has 1 aliphatic heterocycles. The van der Waals surface area contributed by atoms with Gasteiger partial charge in [-0.15, -0.1) is 0 Å². The lowest BCUT2D eigenvalue weighted by Crippen LogP contribution is -2.46. The van der Waals surface area contributed by atoms with Gasteiger partial charge in [0, 0.05) is 19.1 Å². The Labute approximate surface area is 117 Å². The molecule has 0 amide bonds. The molecule has 1 saturated heterocycles. The van der Waals surface area contributed by atoms with E-state index in [1.165, 1.54) is 56.2 Å². The first-order valence-electron chi connectivity index (χ1n) is 7.89. The second-order valence-corrected chi connectivity index (χ2v) is 6.25. The molecule has 2 atom stereocenters. The Hall–Kier alpha value is -0.860. The molecule has 104 valence electrons. The van der Waals surface area contributed by atoms with Crippen molar-refractivity contribution >= 4 is 0 Å². The molecule has 3 rings (SSSR count). The third-order valence-corrected chi connectivity index (χ3v) is 5.00. The number of hydrogen-bond donors (Lipinski definition) is 1. The maximum absolute atomic E-state index is 5.66. The van der Waals surface area contributed by atoms with Crippen LogP contribution in [0.15, 0.2) is 24.3 Å². The zero-order chi connectivity index (χ0) is 13.1. The Bertz CT molecular complexity index is 396. The molecular weight excluding hydrogens is 232 g/mol. The minimum absolute atomic E-state index is 0.648. The highest BCUT2D eigenvalue weighted by Crippen LogP contribution is 2.35. The Kier molecular flexibility index (Phi) is 4.19. The van der Waals surface area contributed by atoms with Crippen LogP contribution in [-0.2, 0) is 13.1 Å². The SMILES string of the molecule is NCc1ccc(CN2CCC[C@H]3CCCC[C@H]32)cc1. The molecule has 2 heteroatoms. The Balaban J connectivity index is 1.66. The highest BCUT2D eigenvalue weighted by atomic mass is 15.2. The predicted octanol–water partition coefficient (Wildman–Crippen LogP) is 3.30. The molecule has 1 aromatic carbocycles. The van der Waals surface area contributed by atoms with E-state index in [1.54, 1.807) is 0 Å². The Morgan fingerprint density at radius 2 is 1.63 bits per heavy atom. The second kappa shape index (κ2) is 6.06. The topological polar surface area (TPSA) is 29.3 Å². The Morgan fingerprint density at radius 1 is 0.947 bits per heavy atom. The number of likely N-dealkylation sites (tertiary alicyclic amines) is 1. The number of hydrogen-bond acceptors (Lipinski definition) is 2. The van der Waals surface area contributed by atoms with E-state index < -0.39 is 0 Å². The molecule has 0 unspecified atom stereocenters. The molecule has 1 aromatic rings. The third-order valence-electron chi connectivity index (χ3n) is 5.00. The molecule has 1 heterocycles. The van der Waals surface area contributed by atoms with Gasteiger partial charge >= 0.3 is 0 Å². The minimum Gasteiger partial charge on any atom is -0.326 e. The van der Waals surface area contributed by atoms with Gasteiger partial charge in [-0.1, -0.05) is 37.1 Å². The van der Waals surface area contributed by atoms with Crippen molar-refractivity contribution in [1.82, 2.24) is 4.90 Å². The van der Waals surface area contributed by atoms with Crippen molar-refractivity contribution in [2.45, 2.75) is 57.7 Å². The van der Waals surface area contributed by atoms with E-state index in [1.807, 2.05) is 0 Å². The zero-order valence-corrected chi connectivity index (χ0v) is 11.9. The van der Waals surface area contributed by atoms with Gasteiger partial charge in [0.1, 0.15) is 0 Å². The van der Waals surface area contributed by atoms with Crippen LogP contribution in [-0.4, -0.2) is 17.5 Å². The van der Waals surface area contributed by atoms with Gasteiger partial charge in [-0.2, -0.15) is 0 Å². The van der Waals surface area contributed by atoms with E-state index in [2.05, 4.69) is 29.2 Å². The van der Waals surface area contributed by atoms with Gasteiger partial charge in [0.25, 0.3) is 0 Å². The maximum Gasteiger partial charge on any atom is 0.0236 e. The minimum atomic E-state index is 0.648. The van der Waals surface area contributed by atoms with E-state index >= 15 is 0 Å². The number of nitrogens with zero attached hydrogens (tertiary/aromatic N) is 1. The molecular formula is C17H26N2. The standard InChI is InChI=1S/C17H26N2/c18-12-14-7-9-15(10-8-14)13-19-11-3-5-16-4-1-2-6-17(16)19/h7-10,16-17H,1-6,11-13,18H2/t16-,17-/m1/s1. The second-order valence-electron chi connectivity index (χ2n) is 6.25. The number of piperidine rings is 1. The van der Waals surface area contributed by atoms with Gasteiger partial charge in [-0.3, -0.25) is 4.90 Å². The molecule has 0 spiro atoms. The molecule has 2 nitrogen and oxygen atoms in total. The van der Waals surface area contributed by atoms with Gasteiger partial charge in [-0.05, 0) is 49.3 Å². The molecule has 19 heavy (non-hydrogen) atoms. The average molecular weight is 258 g/mol. The fourth-order valence-corrected chi connectivity index (χ4v) is 3.94. The highest BCUT2D eigenvalue weighted by molar-refractivity contribution is 5.22. The van der Waals surface area contributed by atoms with Crippen molar-refractivity contribution in [2.24, 2.45) is 11.7 Å². The van der Waals surface area contributed by atoms with Gasteiger partial charge < -0.3 is 5.73 Å². The number of benzene rings is 1. The van der Waals surface area contributed by atoms with Crippen LogP contribution in [0, 0.1) is 5.92 Å². The highest BCUT2D eigenvalue weighted by Gasteiger charge is 2.32. The summed E-state index contributed by atoms with van der Waals surface area (Å²) in [7, 11) is 0. The van der Waals surface area contributed by atoms with E-state index in [-0.39, 0.29) is 0 Å². The summed E-state index contributed by atoms with van der Waals surface area (Å²) in [6, 6.07) is 9.73. The molecule has 1 aliphatic carbocycles. The van der Waals surface area contributed by atoms with Crippen LogP contribution in [0.4, 0.5) is 0 Å². The van der Waals surface area contributed by atoms with Gasteiger partial charge in [-0.25, -0.2) is 0 Å². The van der Waals surface area contributed by atoms with Crippen molar-refractivity contribution < 1.29 is 0 Å². The summed E-state index contributed by atoms with van der Waals surface area (Å²) >= 11 is 0. The van der Waals surface area contributed by atoms with E-state index in [4.69, 9.17) is 5.73 Å². The average Bonchev–Trinajstić information content (AvgIpc) is 2.48. The Morgan fingerprint density at radius 3 is 2.42 bits per heavy atom. The number of nitrogens with two attached hydrogens (primary N) is 1. The van der Waals surface area contributed by atoms with Gasteiger partial charge in [0.2, 0.25) is 0 Å². The van der Waals surface area contributed by atoms with Crippen LogP contribution < -0.4 is 5.73 Å². The molecule has 2 fully saturated rings. The fourth-order valence-electron chi connectivity index (χ4n) is 3.94. The monoisotopic (exact) mass is 258 g/mol. The lowest BCUT2D eigenvalue weighted by atomic mass is 9.78. The normalized spacial score (nSPS) is 28.1. The molecule has 2 N–H and O–H groups in total. The first-order valence-corrected chi connectivity index (χ1v) is 7.89. The van der Waals surface area contributed by atoms with Crippen LogP contribution in [0.2, 0.25) is 0 Å². The predicted molar refractivity (Wildman–Crippen MR) is 79.7 cm³/mol. The lowest BCUT2D eigenvalue weighted by molar-refractivity contribution is 0.0547. The van der Waals surface area contributed by atoms with Crippen LogP contribution >= 0.6 is 0 Å². The van der Waals surface area contributed by atoms with Crippen molar-refractivity contribution in [1.29, 1.82) is 0 Å². The van der Waals surface area contributed by atoms with Crippen LogP contribution in [0.3, 0.4) is 0 Å². The third kappa shape index (κ3) is 3.01. The first-order chi connectivity index (χ1) is 9.36. The summed E-state index contributed by atoms with van der Waals surface area (Å²) in [5.74, 6) is 0.978. The molecule has 1 saturated carbocycles. The quantitative estimate of drug-likeness (QED) is 0.901. The van der Waals surface area contributed by atoms with E-state index in [0.29, 0.717) is 6.54 Å². The largest absolute Gasteiger partial charge is 0.326 e. The summed E-state index contributed by atoms with van der Waals surface area (Å²) < 4.78 is 0. The van der Waals surface area contributed by atoms with Crippen molar-refractivity contribution in [2.75, 3.05) is 6.54 Å². The number of rotatable bonds is 3. The van der Waals surface area contributed by atoms with E-state index in [0.717, 1.165) is 18.5 Å². The summed E-state index contributed by atoms with van der Waals surface area (Å²) in [4.78, 5) is 2.74. The zero-order valence-electron chi connectivity index (χ0n) is 11.9. The summed E-state index contributed by atoms with van der Waals surface area (Å²) in [5.41, 5.74) is 8.34. The van der Waals surface area contributed by atoms with Crippen molar-refractivity contribution in [3.05, 3.63) is 35.4 Å². The molecule has 0 aromatic heterocycles. The maximum atomic E-state index is 5.66. The lowest BCUT2D eigenvalue weighted by Gasteiger charge is -2.44. The van der Waals surface area contributed by atoms with E-state index in [9.17, 15) is 0 Å². The smallest absolute Gasteiger partial charge is 0.0236 e. The van der Waals surface area contributed by atoms with Gasteiger partial charge in [0.15, 0.2) is 0 Å².